The Morgan fingerprint density at radius 1 is 1.44 bits per heavy atom. The van der Waals surface area contributed by atoms with E-state index in [1.54, 1.807) is 13.8 Å². The van der Waals surface area contributed by atoms with E-state index >= 15 is 0 Å². The van der Waals surface area contributed by atoms with Gasteiger partial charge in [0.1, 0.15) is 0 Å². The van der Waals surface area contributed by atoms with E-state index in [2.05, 4.69) is 16.8 Å². The first-order valence-electron chi connectivity index (χ1n) is 6.17. The molecule has 0 spiro atoms. The van der Waals surface area contributed by atoms with Gasteiger partial charge >= 0.3 is 0 Å². The van der Waals surface area contributed by atoms with E-state index in [4.69, 9.17) is 11.5 Å². The van der Waals surface area contributed by atoms with E-state index in [1.165, 1.54) is 6.42 Å². The molecule has 18 heavy (non-hydrogen) atoms. The maximum atomic E-state index is 11.2. The summed E-state index contributed by atoms with van der Waals surface area (Å²) < 4.78 is 0. The molecule has 0 saturated carbocycles. The highest BCUT2D eigenvalue weighted by Gasteiger charge is 2.25. The van der Waals surface area contributed by atoms with Crippen molar-refractivity contribution in [3.63, 3.8) is 0 Å². The van der Waals surface area contributed by atoms with E-state index in [9.17, 15) is 4.79 Å². The van der Waals surface area contributed by atoms with Crippen LogP contribution in [0.3, 0.4) is 0 Å². The van der Waals surface area contributed by atoms with Crippen LogP contribution < -0.4 is 11.5 Å². The molecule has 1 fully saturated rings. The molecule has 1 atom stereocenters. The van der Waals surface area contributed by atoms with Gasteiger partial charge in [0, 0.05) is 13.1 Å². The van der Waals surface area contributed by atoms with E-state index in [0.717, 1.165) is 19.5 Å². The Morgan fingerprint density at radius 3 is 2.56 bits per heavy atom. The fraction of sp³-hybridized carbons (Fsp3) is 0.833. The van der Waals surface area contributed by atoms with Gasteiger partial charge in [-0.25, -0.2) is 0 Å². The Kier molecular flexibility index (Phi) is 6.94. The van der Waals surface area contributed by atoms with Crippen molar-refractivity contribution in [2.45, 2.75) is 33.6 Å². The van der Waals surface area contributed by atoms with Crippen LogP contribution in [0.4, 0.5) is 0 Å². The summed E-state index contributed by atoms with van der Waals surface area (Å²) in [6.07, 6.45) is 2.40. The normalized spacial score (nSPS) is 21.4. The predicted molar refractivity (Wildman–Crippen MR) is 84.9 cm³/mol. The van der Waals surface area contributed by atoms with Crippen molar-refractivity contribution < 1.29 is 4.79 Å². The molecule has 1 heterocycles. The second-order valence-corrected chi connectivity index (χ2v) is 5.62. The van der Waals surface area contributed by atoms with Crippen molar-refractivity contribution in [2.75, 3.05) is 19.6 Å². The highest BCUT2D eigenvalue weighted by Crippen LogP contribution is 2.17. The Balaban J connectivity index is 0.00000289. The SMILES string of the molecule is CC1CCCN(C(N)=NCC(C)(C)C(N)=O)C1.I. The van der Waals surface area contributed by atoms with Gasteiger partial charge in [-0.2, -0.15) is 0 Å². The van der Waals surface area contributed by atoms with Gasteiger partial charge in [-0.15, -0.1) is 24.0 Å². The number of likely N-dealkylation sites (tertiary alicyclic amines) is 1. The average Bonchev–Trinajstić information content (AvgIpc) is 2.25. The quantitative estimate of drug-likeness (QED) is 0.446. The van der Waals surface area contributed by atoms with Crippen molar-refractivity contribution in [3.8, 4) is 0 Å². The third-order valence-corrected chi connectivity index (χ3v) is 3.28. The Labute approximate surface area is 126 Å². The number of nitrogens with zero attached hydrogens (tertiary/aromatic N) is 2. The second-order valence-electron chi connectivity index (χ2n) is 5.62. The van der Waals surface area contributed by atoms with Crippen molar-refractivity contribution in [3.05, 3.63) is 0 Å². The summed E-state index contributed by atoms with van der Waals surface area (Å²) in [7, 11) is 0. The summed E-state index contributed by atoms with van der Waals surface area (Å²) in [5, 5.41) is 0. The molecule has 0 aliphatic carbocycles. The molecule has 0 aromatic heterocycles. The second kappa shape index (κ2) is 7.16. The number of halogens is 1. The lowest BCUT2D eigenvalue weighted by Gasteiger charge is -2.32. The predicted octanol–water partition coefficient (Wildman–Crippen LogP) is 1.16. The smallest absolute Gasteiger partial charge is 0.224 e. The molecule has 0 aromatic carbocycles. The molecule has 1 amide bonds. The standard InChI is InChI=1S/C12H24N4O.HI/c1-9-5-4-6-16(7-9)11(14)15-8-12(2,3)10(13)17;/h9H,4-8H2,1-3H3,(H2,13,17)(H2,14,15);1H. The van der Waals surface area contributed by atoms with Crippen molar-refractivity contribution >= 4 is 35.8 Å². The zero-order valence-corrected chi connectivity index (χ0v) is 13.8. The third-order valence-electron chi connectivity index (χ3n) is 3.28. The lowest BCUT2D eigenvalue weighted by Crippen LogP contribution is -2.44. The summed E-state index contributed by atoms with van der Waals surface area (Å²) in [5.41, 5.74) is 10.6. The Hall–Kier alpha value is -0.530. The molecule has 5 nitrogen and oxygen atoms in total. The summed E-state index contributed by atoms with van der Waals surface area (Å²) in [5.74, 6) is 0.841. The number of guanidine groups is 1. The van der Waals surface area contributed by atoms with Gasteiger partial charge in [0.05, 0.1) is 12.0 Å². The average molecular weight is 368 g/mol. The first kappa shape index (κ1) is 17.5. The number of hydrogen-bond donors (Lipinski definition) is 2. The minimum absolute atomic E-state index is 0. The molecule has 4 N–H and O–H groups in total. The van der Waals surface area contributed by atoms with Crippen LogP contribution in [0.2, 0.25) is 0 Å². The number of carbonyl (C=O) groups excluding carboxylic acids is 1. The monoisotopic (exact) mass is 368 g/mol. The van der Waals surface area contributed by atoms with Crippen molar-refractivity contribution in [1.29, 1.82) is 0 Å². The molecule has 1 unspecified atom stereocenters. The molecular formula is C12H25IN4O. The maximum absolute atomic E-state index is 11.2. The topological polar surface area (TPSA) is 84.7 Å². The van der Waals surface area contributed by atoms with Gasteiger partial charge in [0.2, 0.25) is 5.91 Å². The third kappa shape index (κ3) is 4.99. The molecule has 0 radical (unpaired) electrons. The molecular weight excluding hydrogens is 343 g/mol. The summed E-state index contributed by atoms with van der Waals surface area (Å²) in [4.78, 5) is 17.5. The van der Waals surface area contributed by atoms with Crippen LogP contribution in [0.1, 0.15) is 33.6 Å². The Morgan fingerprint density at radius 2 is 2.06 bits per heavy atom. The highest BCUT2D eigenvalue weighted by molar-refractivity contribution is 14.0. The lowest BCUT2D eigenvalue weighted by molar-refractivity contribution is -0.125. The maximum Gasteiger partial charge on any atom is 0.224 e. The molecule has 1 aliphatic heterocycles. The van der Waals surface area contributed by atoms with Gasteiger partial charge in [-0.3, -0.25) is 9.79 Å². The summed E-state index contributed by atoms with van der Waals surface area (Å²) in [6, 6.07) is 0. The summed E-state index contributed by atoms with van der Waals surface area (Å²) >= 11 is 0. The van der Waals surface area contributed by atoms with Crippen LogP contribution in [0.15, 0.2) is 4.99 Å². The van der Waals surface area contributed by atoms with Gasteiger partial charge in [0.25, 0.3) is 0 Å². The van der Waals surface area contributed by atoms with Crippen LogP contribution in [0, 0.1) is 11.3 Å². The number of carbonyl (C=O) groups is 1. The molecule has 0 aromatic rings. The zero-order valence-electron chi connectivity index (χ0n) is 11.5. The van der Waals surface area contributed by atoms with Crippen molar-refractivity contribution in [2.24, 2.45) is 27.8 Å². The van der Waals surface area contributed by atoms with Crippen LogP contribution in [-0.4, -0.2) is 36.4 Å². The molecule has 1 aliphatic rings. The first-order chi connectivity index (χ1) is 7.83. The minimum atomic E-state index is -0.633. The fourth-order valence-corrected chi connectivity index (χ4v) is 1.85. The molecule has 1 saturated heterocycles. The van der Waals surface area contributed by atoms with Gasteiger partial charge in [-0.1, -0.05) is 6.92 Å². The van der Waals surface area contributed by atoms with Crippen LogP contribution in [-0.2, 0) is 4.79 Å². The molecule has 1 rings (SSSR count). The number of aliphatic imine (C=N–C) groups is 1. The zero-order chi connectivity index (χ0) is 13.1. The number of amides is 1. The van der Waals surface area contributed by atoms with Gasteiger partial charge in [-0.05, 0) is 32.6 Å². The van der Waals surface area contributed by atoms with E-state index in [-0.39, 0.29) is 29.9 Å². The fourth-order valence-electron chi connectivity index (χ4n) is 1.85. The van der Waals surface area contributed by atoms with E-state index in [1.807, 2.05) is 0 Å². The largest absolute Gasteiger partial charge is 0.370 e. The van der Waals surface area contributed by atoms with Gasteiger partial charge in [0.15, 0.2) is 5.96 Å². The van der Waals surface area contributed by atoms with E-state index < -0.39 is 5.41 Å². The Bertz CT molecular complexity index is 317. The number of nitrogens with two attached hydrogens (primary N) is 2. The van der Waals surface area contributed by atoms with Crippen LogP contribution in [0.25, 0.3) is 0 Å². The molecule has 6 heteroatoms. The molecule has 106 valence electrons. The minimum Gasteiger partial charge on any atom is -0.370 e. The van der Waals surface area contributed by atoms with Crippen molar-refractivity contribution in [1.82, 2.24) is 4.90 Å². The van der Waals surface area contributed by atoms with Crippen LogP contribution >= 0.6 is 24.0 Å². The number of hydrogen-bond acceptors (Lipinski definition) is 2. The van der Waals surface area contributed by atoms with Crippen LogP contribution in [0.5, 0.6) is 0 Å². The number of rotatable bonds is 3. The number of piperidine rings is 1. The molecule has 0 bridgehead atoms. The highest BCUT2D eigenvalue weighted by atomic mass is 127. The summed E-state index contributed by atoms with van der Waals surface area (Å²) in [6.45, 7) is 8.03. The first-order valence-corrected chi connectivity index (χ1v) is 6.17. The lowest BCUT2D eigenvalue weighted by atomic mass is 9.93. The van der Waals surface area contributed by atoms with Gasteiger partial charge < -0.3 is 16.4 Å². The number of primary amides is 1. The van der Waals surface area contributed by atoms with E-state index in [0.29, 0.717) is 18.4 Å².